The maximum Gasteiger partial charge on any atom is 0.291 e. The van der Waals surface area contributed by atoms with Gasteiger partial charge in [-0.25, -0.2) is 4.39 Å². The van der Waals surface area contributed by atoms with Crippen molar-refractivity contribution >= 4 is 34.0 Å². The SMILES string of the molecule is Cc1nn(Cc2c(F)cccc2Cl)c(C)c1NC(=O)c1ccc(COc2cccc3ccccc23)o1. The molecular formula is C28H23ClFN3O3. The Morgan fingerprint density at radius 1 is 1.06 bits per heavy atom. The van der Waals surface area contributed by atoms with E-state index in [1.54, 1.807) is 42.8 Å². The van der Waals surface area contributed by atoms with Crippen molar-refractivity contribution in [2.24, 2.45) is 0 Å². The largest absolute Gasteiger partial charge is 0.485 e. The Labute approximate surface area is 212 Å². The first kappa shape index (κ1) is 23.6. The normalized spacial score (nSPS) is 11.1. The molecule has 36 heavy (non-hydrogen) atoms. The molecule has 0 saturated carbocycles. The Hall–Kier alpha value is -4.10. The minimum atomic E-state index is -0.416. The van der Waals surface area contributed by atoms with Gasteiger partial charge < -0.3 is 14.5 Å². The third-order valence-corrected chi connectivity index (χ3v) is 6.35. The van der Waals surface area contributed by atoms with Gasteiger partial charge in [-0.2, -0.15) is 5.10 Å². The zero-order valence-corrected chi connectivity index (χ0v) is 20.5. The minimum absolute atomic E-state index is 0.143. The molecule has 0 aliphatic carbocycles. The van der Waals surface area contributed by atoms with E-state index in [0.717, 1.165) is 16.5 Å². The van der Waals surface area contributed by atoms with Gasteiger partial charge in [0, 0.05) is 16.0 Å². The Balaban J connectivity index is 1.28. The van der Waals surface area contributed by atoms with Crippen molar-refractivity contribution in [2.45, 2.75) is 27.0 Å². The van der Waals surface area contributed by atoms with E-state index in [2.05, 4.69) is 10.4 Å². The lowest BCUT2D eigenvalue weighted by Crippen LogP contribution is -2.13. The Kier molecular flexibility index (Phi) is 6.48. The lowest BCUT2D eigenvalue weighted by atomic mass is 10.1. The highest BCUT2D eigenvalue weighted by atomic mass is 35.5. The number of carbonyl (C=O) groups is 1. The number of carbonyl (C=O) groups excluding carboxylic acids is 1. The van der Waals surface area contributed by atoms with Crippen LogP contribution in [0.15, 0.2) is 77.2 Å². The topological polar surface area (TPSA) is 69.3 Å². The van der Waals surface area contributed by atoms with Crippen LogP contribution in [-0.4, -0.2) is 15.7 Å². The number of furan rings is 1. The molecule has 2 heterocycles. The lowest BCUT2D eigenvalue weighted by Gasteiger charge is -2.09. The van der Waals surface area contributed by atoms with Crippen LogP contribution < -0.4 is 10.1 Å². The highest BCUT2D eigenvalue weighted by Crippen LogP contribution is 2.27. The van der Waals surface area contributed by atoms with E-state index in [9.17, 15) is 9.18 Å². The maximum absolute atomic E-state index is 14.2. The fraction of sp³-hybridized carbons (Fsp3) is 0.143. The van der Waals surface area contributed by atoms with Crippen LogP contribution in [0.5, 0.6) is 5.75 Å². The molecule has 1 N–H and O–H groups in total. The number of fused-ring (bicyclic) bond motifs is 1. The van der Waals surface area contributed by atoms with Crippen LogP contribution >= 0.6 is 11.6 Å². The number of aromatic nitrogens is 2. The Morgan fingerprint density at radius 2 is 1.83 bits per heavy atom. The van der Waals surface area contributed by atoms with Gasteiger partial charge in [0.15, 0.2) is 5.76 Å². The molecule has 182 valence electrons. The van der Waals surface area contributed by atoms with E-state index in [1.165, 1.54) is 6.07 Å². The average molecular weight is 504 g/mol. The van der Waals surface area contributed by atoms with Crippen LogP contribution in [0.3, 0.4) is 0 Å². The number of hydrogen-bond donors (Lipinski definition) is 1. The third kappa shape index (κ3) is 4.70. The van der Waals surface area contributed by atoms with E-state index < -0.39 is 11.7 Å². The van der Waals surface area contributed by atoms with Gasteiger partial charge in [0.05, 0.1) is 23.6 Å². The first-order valence-corrected chi connectivity index (χ1v) is 11.8. The second-order valence-corrected chi connectivity index (χ2v) is 8.80. The van der Waals surface area contributed by atoms with E-state index in [-0.39, 0.29) is 18.9 Å². The van der Waals surface area contributed by atoms with Gasteiger partial charge in [-0.1, -0.05) is 54.1 Å². The molecule has 0 aliphatic rings. The summed E-state index contributed by atoms with van der Waals surface area (Å²) >= 11 is 6.16. The van der Waals surface area contributed by atoms with Crippen molar-refractivity contribution in [3.63, 3.8) is 0 Å². The van der Waals surface area contributed by atoms with Crippen molar-refractivity contribution in [3.05, 3.63) is 112 Å². The predicted octanol–water partition coefficient (Wildman–Crippen LogP) is 6.92. The lowest BCUT2D eigenvalue weighted by molar-refractivity contribution is 0.0992. The second kappa shape index (κ2) is 9.87. The van der Waals surface area contributed by atoms with Crippen LogP contribution in [0.2, 0.25) is 5.02 Å². The molecule has 0 unspecified atom stereocenters. The van der Waals surface area contributed by atoms with Gasteiger partial charge in [-0.05, 0) is 49.6 Å². The van der Waals surface area contributed by atoms with E-state index in [1.807, 2.05) is 42.5 Å². The molecule has 6 nitrogen and oxygen atoms in total. The Morgan fingerprint density at radius 3 is 2.67 bits per heavy atom. The summed E-state index contributed by atoms with van der Waals surface area (Å²) in [5.41, 5.74) is 2.15. The summed E-state index contributed by atoms with van der Waals surface area (Å²) in [6.07, 6.45) is 0. The maximum atomic E-state index is 14.2. The van der Waals surface area contributed by atoms with E-state index in [4.69, 9.17) is 20.8 Å². The molecule has 0 fully saturated rings. The van der Waals surface area contributed by atoms with Gasteiger partial charge in [0.25, 0.3) is 5.91 Å². The number of anilines is 1. The molecule has 5 aromatic rings. The molecule has 5 rings (SSSR count). The number of aryl methyl sites for hydroxylation is 1. The molecule has 0 spiro atoms. The quantitative estimate of drug-likeness (QED) is 0.262. The van der Waals surface area contributed by atoms with Gasteiger partial charge in [0.2, 0.25) is 0 Å². The standard InChI is InChI=1S/C28H23ClFN3O3/c1-17-27(18(2)33(32-17)15-22-23(29)10-6-11-24(22)30)31-28(34)26-14-13-20(36-26)16-35-25-12-5-8-19-7-3-4-9-21(19)25/h3-14H,15-16H2,1-2H3,(H,31,34). The van der Waals surface area contributed by atoms with Crippen LogP contribution in [-0.2, 0) is 13.2 Å². The number of hydrogen-bond acceptors (Lipinski definition) is 4. The van der Waals surface area contributed by atoms with Crippen LogP contribution in [0.25, 0.3) is 10.8 Å². The van der Waals surface area contributed by atoms with Crippen LogP contribution in [0.4, 0.5) is 10.1 Å². The molecule has 3 aromatic carbocycles. The van der Waals surface area contributed by atoms with Crippen LogP contribution in [0.1, 0.15) is 33.3 Å². The second-order valence-electron chi connectivity index (χ2n) is 8.39. The fourth-order valence-electron chi connectivity index (χ4n) is 4.09. The van der Waals surface area contributed by atoms with Crippen LogP contribution in [0, 0.1) is 19.7 Å². The summed E-state index contributed by atoms with van der Waals surface area (Å²) in [5, 5.41) is 9.72. The fourth-order valence-corrected chi connectivity index (χ4v) is 4.31. The van der Waals surface area contributed by atoms with E-state index in [0.29, 0.717) is 33.4 Å². The first-order valence-electron chi connectivity index (χ1n) is 11.4. The summed E-state index contributed by atoms with van der Waals surface area (Å²) in [6, 6.07) is 21.7. The molecule has 1 amide bonds. The summed E-state index contributed by atoms with van der Waals surface area (Å²) in [5.74, 6) is 0.585. The van der Waals surface area contributed by atoms with Crippen molar-refractivity contribution in [1.82, 2.24) is 9.78 Å². The molecule has 8 heteroatoms. The number of halogens is 2. The summed E-state index contributed by atoms with van der Waals surface area (Å²) in [4.78, 5) is 12.9. The number of nitrogens with one attached hydrogen (secondary N) is 1. The number of ether oxygens (including phenoxy) is 1. The van der Waals surface area contributed by atoms with Gasteiger partial charge in [0.1, 0.15) is 23.9 Å². The molecule has 2 aromatic heterocycles. The van der Waals surface area contributed by atoms with Crippen molar-refractivity contribution in [1.29, 1.82) is 0 Å². The number of benzene rings is 3. The first-order chi connectivity index (χ1) is 17.4. The summed E-state index contributed by atoms with van der Waals surface area (Å²) in [6.45, 7) is 3.90. The average Bonchev–Trinajstić information content (AvgIpc) is 3.45. The number of nitrogens with zero attached hydrogens (tertiary/aromatic N) is 2. The smallest absolute Gasteiger partial charge is 0.291 e. The van der Waals surface area contributed by atoms with Crippen molar-refractivity contribution < 1.29 is 18.3 Å². The zero-order chi connectivity index (χ0) is 25.2. The van der Waals surface area contributed by atoms with Crippen molar-refractivity contribution in [3.8, 4) is 5.75 Å². The monoisotopic (exact) mass is 503 g/mol. The molecule has 0 atom stereocenters. The van der Waals surface area contributed by atoms with Gasteiger partial charge in [-0.15, -0.1) is 0 Å². The van der Waals surface area contributed by atoms with Crippen molar-refractivity contribution in [2.75, 3.05) is 5.32 Å². The molecule has 0 aliphatic heterocycles. The number of amides is 1. The third-order valence-electron chi connectivity index (χ3n) is 5.99. The molecule has 0 saturated heterocycles. The molecule has 0 radical (unpaired) electrons. The minimum Gasteiger partial charge on any atom is -0.485 e. The summed E-state index contributed by atoms with van der Waals surface area (Å²) in [7, 11) is 0. The molecular weight excluding hydrogens is 481 g/mol. The predicted molar refractivity (Wildman–Crippen MR) is 137 cm³/mol. The zero-order valence-electron chi connectivity index (χ0n) is 19.7. The summed E-state index contributed by atoms with van der Waals surface area (Å²) < 4.78 is 27.5. The highest BCUT2D eigenvalue weighted by Gasteiger charge is 2.19. The van der Waals surface area contributed by atoms with E-state index >= 15 is 0 Å². The highest BCUT2D eigenvalue weighted by molar-refractivity contribution is 6.31. The van der Waals surface area contributed by atoms with Gasteiger partial charge in [-0.3, -0.25) is 9.48 Å². The number of rotatable bonds is 7. The van der Waals surface area contributed by atoms with Gasteiger partial charge >= 0.3 is 0 Å². The Bertz CT molecular complexity index is 1550. The molecule has 0 bridgehead atoms.